The lowest BCUT2D eigenvalue weighted by molar-refractivity contribution is -0.149. The van der Waals surface area contributed by atoms with Crippen molar-refractivity contribution in [1.82, 2.24) is 0 Å². The van der Waals surface area contributed by atoms with Crippen LogP contribution in [0.15, 0.2) is 84.9 Å². The van der Waals surface area contributed by atoms with E-state index in [1.165, 1.54) is 6.07 Å². The fraction of sp³-hybridized carbons (Fsp3) is 0.0690. The van der Waals surface area contributed by atoms with Crippen LogP contribution < -0.4 is 10.1 Å². The van der Waals surface area contributed by atoms with Crippen molar-refractivity contribution in [1.29, 1.82) is 0 Å². The van der Waals surface area contributed by atoms with Crippen LogP contribution in [0.25, 0.3) is 12.2 Å². The zero-order chi connectivity index (χ0) is 26.2. The summed E-state index contributed by atoms with van der Waals surface area (Å²) < 4.78 is 10.8. The maximum atomic E-state index is 12.5. The predicted molar refractivity (Wildman–Crippen MR) is 147 cm³/mol. The van der Waals surface area contributed by atoms with Crippen molar-refractivity contribution in [3.05, 3.63) is 112 Å². The Bertz CT molecular complexity index is 1400. The molecule has 0 amide bonds. The number of carbonyl (C=O) groups is 1. The van der Waals surface area contributed by atoms with Crippen LogP contribution in [0.4, 0.5) is 11.4 Å². The van der Waals surface area contributed by atoms with Gasteiger partial charge in [-0.2, -0.15) is 0 Å². The molecule has 4 aromatic carbocycles. The van der Waals surface area contributed by atoms with Gasteiger partial charge in [0.2, 0.25) is 6.79 Å². The number of rotatable bonds is 9. The predicted octanol–water partition coefficient (Wildman–Crippen LogP) is 7.44. The molecule has 0 bridgehead atoms. The fourth-order valence-corrected chi connectivity index (χ4v) is 3.97. The number of hydrogen-bond acceptors (Lipinski definition) is 6. The van der Waals surface area contributed by atoms with Gasteiger partial charge in [0.05, 0.1) is 22.2 Å². The molecule has 0 aliphatic rings. The lowest BCUT2D eigenvalue weighted by Crippen LogP contribution is -2.13. The highest BCUT2D eigenvalue weighted by Gasteiger charge is 2.12. The van der Waals surface area contributed by atoms with E-state index < -0.39 is 5.97 Å². The first-order valence-electron chi connectivity index (χ1n) is 11.3. The number of nitrogens with one attached hydrogen (secondary N) is 1. The summed E-state index contributed by atoms with van der Waals surface area (Å²) in [6.45, 7) is -0.324. The van der Waals surface area contributed by atoms with Crippen molar-refractivity contribution in [2.45, 2.75) is 6.42 Å². The molecular formula is C29H23Cl2NO5. The smallest absolute Gasteiger partial charge is 0.313 e. The molecule has 0 unspecified atom stereocenters. The van der Waals surface area contributed by atoms with Crippen molar-refractivity contribution in [3.8, 4) is 17.2 Å². The van der Waals surface area contributed by atoms with E-state index in [1.54, 1.807) is 66.7 Å². The van der Waals surface area contributed by atoms with Gasteiger partial charge in [-0.15, -0.1) is 0 Å². The molecule has 0 aliphatic carbocycles. The lowest BCUT2D eigenvalue weighted by atomic mass is 10.1. The van der Waals surface area contributed by atoms with Crippen LogP contribution >= 0.6 is 23.2 Å². The second-order valence-corrected chi connectivity index (χ2v) is 8.83. The second-order valence-electron chi connectivity index (χ2n) is 8.02. The van der Waals surface area contributed by atoms with Crippen LogP contribution in [0.5, 0.6) is 17.2 Å². The van der Waals surface area contributed by atoms with E-state index in [4.69, 9.17) is 32.7 Å². The van der Waals surface area contributed by atoms with Crippen LogP contribution in [0.3, 0.4) is 0 Å². The number of phenolic OH excluding ortho intramolecular Hbond substituents is 2. The van der Waals surface area contributed by atoms with Gasteiger partial charge >= 0.3 is 5.97 Å². The minimum absolute atomic E-state index is 0.00470. The van der Waals surface area contributed by atoms with E-state index in [-0.39, 0.29) is 24.7 Å². The summed E-state index contributed by atoms with van der Waals surface area (Å²) in [4.78, 5) is 12.5. The monoisotopic (exact) mass is 535 g/mol. The summed E-state index contributed by atoms with van der Waals surface area (Å²) in [5.74, 6) is 0.0394. The first kappa shape index (κ1) is 25.9. The zero-order valence-corrected chi connectivity index (χ0v) is 21.0. The summed E-state index contributed by atoms with van der Waals surface area (Å²) in [6.07, 6.45) is 3.62. The molecule has 0 saturated heterocycles. The Morgan fingerprint density at radius 2 is 1.51 bits per heavy atom. The summed E-state index contributed by atoms with van der Waals surface area (Å²) >= 11 is 12.5. The van der Waals surface area contributed by atoms with Gasteiger partial charge < -0.3 is 25.0 Å². The van der Waals surface area contributed by atoms with E-state index in [0.29, 0.717) is 38.3 Å². The minimum Gasteiger partial charge on any atom is -0.508 e. The van der Waals surface area contributed by atoms with Crippen molar-refractivity contribution in [3.63, 3.8) is 0 Å². The molecule has 0 radical (unpaired) electrons. The molecule has 4 aromatic rings. The third-order valence-corrected chi connectivity index (χ3v) is 5.92. The Hall–Kier alpha value is -4.13. The van der Waals surface area contributed by atoms with Crippen molar-refractivity contribution < 1.29 is 24.5 Å². The Labute approximate surface area is 224 Å². The van der Waals surface area contributed by atoms with E-state index >= 15 is 0 Å². The number of halogens is 2. The summed E-state index contributed by atoms with van der Waals surface area (Å²) in [6, 6.07) is 23.9. The number of phenols is 2. The third kappa shape index (κ3) is 7.43. The van der Waals surface area contributed by atoms with Crippen molar-refractivity contribution in [2.24, 2.45) is 0 Å². The molecule has 0 fully saturated rings. The van der Waals surface area contributed by atoms with Crippen LogP contribution in [0, 0.1) is 0 Å². The third-order valence-electron chi connectivity index (χ3n) is 5.30. The highest BCUT2D eigenvalue weighted by Crippen LogP contribution is 2.33. The zero-order valence-electron chi connectivity index (χ0n) is 19.5. The number of benzene rings is 4. The van der Waals surface area contributed by atoms with E-state index in [0.717, 1.165) is 5.56 Å². The van der Waals surface area contributed by atoms with E-state index in [9.17, 15) is 15.0 Å². The van der Waals surface area contributed by atoms with Crippen LogP contribution in [0.2, 0.25) is 10.0 Å². The maximum absolute atomic E-state index is 12.5. The molecular weight excluding hydrogens is 513 g/mol. The Kier molecular flexibility index (Phi) is 8.56. The highest BCUT2D eigenvalue weighted by atomic mass is 35.5. The Morgan fingerprint density at radius 3 is 2.27 bits per heavy atom. The van der Waals surface area contributed by atoms with Crippen molar-refractivity contribution in [2.75, 3.05) is 12.1 Å². The SMILES string of the molecule is O=C(Cc1ccccc1Nc1c(Cl)cccc1Cl)OCOc1cc(O)cc(/C=C/c2ccc(O)cc2)c1. The van der Waals surface area contributed by atoms with Crippen LogP contribution in [-0.4, -0.2) is 23.0 Å². The van der Waals surface area contributed by atoms with Crippen LogP contribution in [0.1, 0.15) is 16.7 Å². The van der Waals surface area contributed by atoms with Gasteiger partial charge in [0.15, 0.2) is 0 Å². The van der Waals surface area contributed by atoms with Crippen molar-refractivity contribution >= 4 is 52.7 Å². The fourth-order valence-electron chi connectivity index (χ4n) is 3.48. The second kappa shape index (κ2) is 12.2. The average molecular weight is 536 g/mol. The molecule has 4 rings (SSSR count). The van der Waals surface area contributed by atoms with Gasteiger partial charge in [-0.25, -0.2) is 0 Å². The molecule has 0 aliphatic heterocycles. The maximum Gasteiger partial charge on any atom is 0.313 e. The van der Waals surface area contributed by atoms with Gasteiger partial charge in [0.1, 0.15) is 17.2 Å². The van der Waals surface area contributed by atoms with Gasteiger partial charge in [-0.3, -0.25) is 4.79 Å². The first-order chi connectivity index (χ1) is 17.9. The Balaban J connectivity index is 1.35. The normalized spacial score (nSPS) is 10.9. The molecule has 0 atom stereocenters. The number of hydrogen-bond donors (Lipinski definition) is 3. The van der Waals surface area contributed by atoms with E-state index in [2.05, 4.69) is 5.32 Å². The largest absolute Gasteiger partial charge is 0.508 e. The molecule has 0 aromatic heterocycles. The standard InChI is InChI=1S/C29H23Cl2NO5/c30-25-5-3-6-26(31)29(25)32-27-7-2-1-4-21(27)16-28(35)37-18-36-24-15-20(14-23(34)17-24)9-8-19-10-12-22(33)13-11-19/h1-15,17,32-34H,16,18H2/b9-8+. The topological polar surface area (TPSA) is 88.0 Å². The molecule has 0 spiro atoms. The van der Waals surface area contributed by atoms with Gasteiger partial charge in [-0.05, 0) is 59.2 Å². The molecule has 0 heterocycles. The highest BCUT2D eigenvalue weighted by molar-refractivity contribution is 6.39. The number of aromatic hydroxyl groups is 2. The molecule has 6 nitrogen and oxygen atoms in total. The number of anilines is 2. The molecule has 3 N–H and O–H groups in total. The van der Waals surface area contributed by atoms with Gasteiger partial charge in [-0.1, -0.05) is 71.8 Å². The van der Waals surface area contributed by atoms with Gasteiger partial charge in [0, 0.05) is 11.8 Å². The first-order valence-corrected chi connectivity index (χ1v) is 12.0. The molecule has 0 saturated carbocycles. The minimum atomic E-state index is -0.493. The summed E-state index contributed by atoms with van der Waals surface area (Å²) in [5.41, 5.74) is 3.49. The molecule has 37 heavy (non-hydrogen) atoms. The average Bonchev–Trinajstić information content (AvgIpc) is 2.87. The lowest BCUT2D eigenvalue weighted by Gasteiger charge is -2.14. The Morgan fingerprint density at radius 1 is 0.811 bits per heavy atom. The van der Waals surface area contributed by atoms with Gasteiger partial charge in [0.25, 0.3) is 0 Å². The number of para-hydroxylation sites is 2. The summed E-state index contributed by atoms with van der Waals surface area (Å²) in [5, 5.41) is 23.5. The molecule has 188 valence electrons. The number of ether oxygens (including phenoxy) is 2. The number of esters is 1. The van der Waals surface area contributed by atoms with Crippen LogP contribution in [-0.2, 0) is 16.0 Å². The van der Waals surface area contributed by atoms with E-state index in [1.807, 2.05) is 24.3 Å². The number of carbonyl (C=O) groups excluding carboxylic acids is 1. The quantitative estimate of drug-likeness (QED) is 0.117. The summed E-state index contributed by atoms with van der Waals surface area (Å²) in [7, 11) is 0. The molecule has 8 heteroatoms.